The molecule has 216 valence electrons. The number of aromatic nitrogens is 2. The normalized spacial score (nSPS) is 24.1. The van der Waals surface area contributed by atoms with Crippen LogP contribution in [0.25, 0.3) is 11.3 Å². The summed E-state index contributed by atoms with van der Waals surface area (Å²) < 4.78 is 30.3. The minimum atomic E-state index is -1.20. The van der Waals surface area contributed by atoms with Crippen LogP contribution < -0.4 is 10.9 Å². The van der Waals surface area contributed by atoms with Crippen LogP contribution in [-0.4, -0.2) is 68.8 Å². The number of piperidine rings is 1. The second-order valence-corrected chi connectivity index (χ2v) is 11.6. The van der Waals surface area contributed by atoms with Crippen molar-refractivity contribution < 1.29 is 18.7 Å². The van der Waals surface area contributed by atoms with Crippen LogP contribution >= 0.6 is 0 Å². The predicted molar refractivity (Wildman–Crippen MR) is 150 cm³/mol. The Kier molecular flexibility index (Phi) is 7.37. The number of nitrogens with zero attached hydrogens (tertiary/aromatic N) is 4. The van der Waals surface area contributed by atoms with E-state index in [2.05, 4.69) is 10.3 Å². The Bertz CT molecular complexity index is 1480. The lowest BCUT2D eigenvalue weighted by atomic mass is 9.66. The van der Waals surface area contributed by atoms with E-state index in [0.29, 0.717) is 44.8 Å². The van der Waals surface area contributed by atoms with Crippen molar-refractivity contribution in [3.8, 4) is 11.3 Å². The van der Waals surface area contributed by atoms with E-state index >= 15 is 0 Å². The molecular weight excluding hydrogens is 528 g/mol. The van der Waals surface area contributed by atoms with Gasteiger partial charge in [-0.3, -0.25) is 9.36 Å². The van der Waals surface area contributed by atoms with E-state index in [4.69, 9.17) is 0 Å². The molecule has 2 atom stereocenters. The smallest absolute Gasteiger partial charge is 0.320 e. The highest BCUT2D eigenvalue weighted by atomic mass is 19.2. The average molecular weight is 564 g/mol. The van der Waals surface area contributed by atoms with Gasteiger partial charge in [-0.1, -0.05) is 55.3 Å². The Labute approximate surface area is 237 Å². The number of carbonyl (C=O) groups is 1. The van der Waals surface area contributed by atoms with Crippen LogP contribution in [0.4, 0.5) is 13.6 Å². The number of aliphatic hydroxyl groups is 1. The van der Waals surface area contributed by atoms with Crippen LogP contribution in [0.3, 0.4) is 0 Å². The summed E-state index contributed by atoms with van der Waals surface area (Å²) in [6.07, 6.45) is 5.13. The Morgan fingerprint density at radius 3 is 2.59 bits per heavy atom. The molecule has 0 unspecified atom stereocenters. The van der Waals surface area contributed by atoms with Crippen molar-refractivity contribution in [2.75, 3.05) is 32.7 Å². The summed E-state index contributed by atoms with van der Waals surface area (Å²) in [7, 11) is 0. The van der Waals surface area contributed by atoms with Gasteiger partial charge in [0.2, 0.25) is 0 Å². The van der Waals surface area contributed by atoms with E-state index in [0.717, 1.165) is 37.3 Å². The maximum atomic E-state index is 14.7. The molecule has 3 aromatic rings. The van der Waals surface area contributed by atoms with Gasteiger partial charge in [-0.2, -0.15) is 0 Å². The van der Waals surface area contributed by atoms with Crippen LogP contribution in [0.1, 0.15) is 43.7 Å². The summed E-state index contributed by atoms with van der Waals surface area (Å²) in [5.41, 5.74) is -0.432. The number of benzene rings is 2. The lowest BCUT2D eigenvalue weighted by molar-refractivity contribution is -0.137. The third-order valence-electron chi connectivity index (χ3n) is 9.32. The van der Waals surface area contributed by atoms with Crippen molar-refractivity contribution in [1.82, 2.24) is 24.7 Å². The lowest BCUT2D eigenvalue weighted by Crippen LogP contribution is -2.64. The molecule has 0 radical (unpaired) electrons. The van der Waals surface area contributed by atoms with Crippen LogP contribution in [0.5, 0.6) is 0 Å². The van der Waals surface area contributed by atoms with E-state index in [1.54, 1.807) is 9.80 Å². The minimum absolute atomic E-state index is 0.0979. The second kappa shape index (κ2) is 11.0. The van der Waals surface area contributed by atoms with E-state index in [1.165, 1.54) is 29.1 Å². The maximum absolute atomic E-state index is 14.7. The monoisotopic (exact) mass is 563 g/mol. The summed E-state index contributed by atoms with van der Waals surface area (Å²) in [6, 6.07) is 14.2. The Morgan fingerprint density at radius 2 is 1.83 bits per heavy atom. The minimum Gasteiger partial charge on any atom is -0.387 e. The fourth-order valence-electron chi connectivity index (χ4n) is 7.03. The average Bonchev–Trinajstić information content (AvgIpc) is 3.47. The first-order chi connectivity index (χ1) is 19.8. The SMILES string of the molecule is O=C(N1CC[C@@](O)(Cn2cnc(-c3ccccc3)cc2=O)C2(CCCC2)C1)N1CCNC[C@H]1c1cccc(F)c1F. The molecule has 8 nitrogen and oxygen atoms in total. The van der Waals surface area contributed by atoms with Crippen LogP contribution in [0.15, 0.2) is 65.7 Å². The number of halogens is 2. The quantitative estimate of drug-likeness (QED) is 0.502. The molecule has 2 amide bonds. The highest BCUT2D eigenvalue weighted by Crippen LogP contribution is 2.51. The van der Waals surface area contributed by atoms with Gasteiger partial charge in [-0.15, -0.1) is 0 Å². The standard InChI is InChI=1S/C31H35F2N5O3/c32-24-10-6-9-23(28(24)33)26-18-34-14-16-38(26)29(40)36-15-13-31(41,30(19-36)11-4-5-12-30)20-37-21-35-25(17-27(37)39)22-7-2-1-3-8-22/h1-3,6-10,17,21,26,34,41H,4-5,11-16,18-20H2/t26-,31+/m0/s1. The van der Waals surface area contributed by atoms with Crippen molar-refractivity contribution >= 4 is 6.03 Å². The van der Waals surface area contributed by atoms with E-state index in [9.17, 15) is 23.5 Å². The molecule has 3 aliphatic rings. The molecule has 10 heteroatoms. The fraction of sp³-hybridized carbons (Fsp3) is 0.452. The number of piperazine rings is 1. The summed E-state index contributed by atoms with van der Waals surface area (Å²) in [4.78, 5) is 34.9. The molecular formula is C31H35F2N5O3. The van der Waals surface area contributed by atoms with Gasteiger partial charge in [0, 0.05) is 55.3 Å². The number of carbonyl (C=O) groups excluding carboxylic acids is 1. The number of likely N-dealkylation sites (tertiary alicyclic amines) is 1. The van der Waals surface area contributed by atoms with Gasteiger partial charge in [0.05, 0.1) is 30.2 Å². The van der Waals surface area contributed by atoms with Gasteiger partial charge in [-0.25, -0.2) is 18.6 Å². The van der Waals surface area contributed by atoms with Gasteiger partial charge in [0.1, 0.15) is 0 Å². The summed E-state index contributed by atoms with van der Waals surface area (Å²) in [5.74, 6) is -1.87. The molecule has 2 aromatic carbocycles. The van der Waals surface area contributed by atoms with Gasteiger partial charge in [0.25, 0.3) is 5.56 Å². The zero-order valence-corrected chi connectivity index (χ0v) is 22.9. The largest absolute Gasteiger partial charge is 0.387 e. The number of hydrogen-bond acceptors (Lipinski definition) is 5. The molecule has 2 aliphatic heterocycles. The van der Waals surface area contributed by atoms with Gasteiger partial charge < -0.3 is 20.2 Å². The van der Waals surface area contributed by atoms with Crippen molar-refractivity contribution in [2.45, 2.75) is 50.3 Å². The molecule has 1 spiro atoms. The van der Waals surface area contributed by atoms with Crippen LogP contribution in [0.2, 0.25) is 0 Å². The molecule has 1 aromatic heterocycles. The maximum Gasteiger partial charge on any atom is 0.320 e. The van der Waals surface area contributed by atoms with Crippen molar-refractivity contribution in [1.29, 1.82) is 0 Å². The fourth-order valence-corrected chi connectivity index (χ4v) is 7.03. The first kappa shape index (κ1) is 27.5. The molecule has 41 heavy (non-hydrogen) atoms. The van der Waals surface area contributed by atoms with Crippen LogP contribution in [0, 0.1) is 17.0 Å². The van der Waals surface area contributed by atoms with E-state index < -0.39 is 28.7 Å². The second-order valence-electron chi connectivity index (χ2n) is 11.6. The van der Waals surface area contributed by atoms with Gasteiger partial charge in [-0.05, 0) is 25.3 Å². The molecule has 2 N–H and O–H groups in total. The number of nitrogens with one attached hydrogen (secondary N) is 1. The number of urea groups is 1. The summed E-state index contributed by atoms with van der Waals surface area (Å²) in [5, 5.41) is 15.3. The molecule has 1 saturated carbocycles. The first-order valence-corrected chi connectivity index (χ1v) is 14.3. The molecule has 3 heterocycles. The van der Waals surface area contributed by atoms with Crippen molar-refractivity contribution in [3.05, 3.63) is 88.5 Å². The molecule has 0 bridgehead atoms. The number of rotatable bonds is 4. The zero-order valence-electron chi connectivity index (χ0n) is 22.9. The first-order valence-electron chi connectivity index (χ1n) is 14.3. The molecule has 2 saturated heterocycles. The number of hydrogen-bond donors (Lipinski definition) is 2. The predicted octanol–water partition coefficient (Wildman–Crippen LogP) is 3.95. The van der Waals surface area contributed by atoms with E-state index in [1.807, 2.05) is 30.3 Å². The highest BCUT2D eigenvalue weighted by Gasteiger charge is 2.56. The molecule has 1 aliphatic carbocycles. The summed E-state index contributed by atoms with van der Waals surface area (Å²) >= 11 is 0. The third-order valence-corrected chi connectivity index (χ3v) is 9.32. The zero-order chi connectivity index (χ0) is 28.6. The van der Waals surface area contributed by atoms with Gasteiger partial charge >= 0.3 is 6.03 Å². The highest BCUT2D eigenvalue weighted by molar-refractivity contribution is 5.75. The topological polar surface area (TPSA) is 90.7 Å². The van der Waals surface area contributed by atoms with Crippen molar-refractivity contribution in [3.63, 3.8) is 0 Å². The lowest BCUT2D eigenvalue weighted by Gasteiger charge is -2.53. The Balaban J connectivity index is 1.23. The van der Waals surface area contributed by atoms with Crippen molar-refractivity contribution in [2.24, 2.45) is 5.41 Å². The number of amides is 2. The summed E-state index contributed by atoms with van der Waals surface area (Å²) in [6.45, 7) is 1.97. The Morgan fingerprint density at radius 1 is 1.05 bits per heavy atom. The third kappa shape index (κ3) is 5.04. The molecule has 3 fully saturated rings. The van der Waals surface area contributed by atoms with E-state index in [-0.39, 0.29) is 23.7 Å². The van der Waals surface area contributed by atoms with Crippen LogP contribution in [-0.2, 0) is 6.54 Å². The molecule has 6 rings (SSSR count). The Hall–Kier alpha value is -3.63. The van der Waals surface area contributed by atoms with Gasteiger partial charge in [0.15, 0.2) is 11.6 Å².